The maximum atomic E-state index is 9.46. The molecule has 0 aromatic carbocycles. The predicted octanol–water partition coefficient (Wildman–Crippen LogP) is 1.24. The van der Waals surface area contributed by atoms with Crippen molar-refractivity contribution in [3.63, 3.8) is 0 Å². The zero-order valence-electron chi connectivity index (χ0n) is 8.40. The van der Waals surface area contributed by atoms with Crippen molar-refractivity contribution in [3.8, 4) is 0 Å². The van der Waals surface area contributed by atoms with Gasteiger partial charge in [-0.25, -0.2) is 4.98 Å². The van der Waals surface area contributed by atoms with Gasteiger partial charge in [-0.15, -0.1) is 0 Å². The van der Waals surface area contributed by atoms with Crippen molar-refractivity contribution >= 4 is 11.5 Å². The minimum atomic E-state index is -0.316. The summed E-state index contributed by atoms with van der Waals surface area (Å²) in [7, 11) is 0. The van der Waals surface area contributed by atoms with Crippen molar-refractivity contribution in [3.05, 3.63) is 18.3 Å². The van der Waals surface area contributed by atoms with Crippen LogP contribution in [-0.4, -0.2) is 22.7 Å². The van der Waals surface area contributed by atoms with Crippen LogP contribution >= 0.6 is 0 Å². The first-order valence-corrected chi connectivity index (χ1v) is 4.86. The Bertz CT molecular complexity index is 278. The summed E-state index contributed by atoms with van der Waals surface area (Å²) in [6.07, 6.45) is 3.11. The number of anilines is 2. The van der Waals surface area contributed by atoms with Crippen molar-refractivity contribution in [2.75, 3.05) is 17.6 Å². The van der Waals surface area contributed by atoms with Gasteiger partial charge in [-0.3, -0.25) is 0 Å². The summed E-state index contributed by atoms with van der Waals surface area (Å²) in [5, 5.41) is 12.5. The normalized spacial score (nSPS) is 12.4. The number of nitrogens with two attached hydrogens (primary N) is 1. The predicted molar refractivity (Wildman–Crippen MR) is 58.1 cm³/mol. The second-order valence-corrected chi connectivity index (χ2v) is 3.30. The Balaban J connectivity index is 2.37. The SMILES string of the molecule is CCCC(O)CNc1cc(N)ccn1. The van der Waals surface area contributed by atoms with E-state index in [1.165, 1.54) is 0 Å². The molecule has 1 aromatic rings. The molecule has 1 rings (SSSR count). The van der Waals surface area contributed by atoms with Crippen LogP contribution < -0.4 is 11.1 Å². The molecule has 0 aliphatic heterocycles. The molecule has 0 bridgehead atoms. The Morgan fingerprint density at radius 3 is 3.07 bits per heavy atom. The van der Waals surface area contributed by atoms with Gasteiger partial charge >= 0.3 is 0 Å². The van der Waals surface area contributed by atoms with Crippen molar-refractivity contribution in [2.45, 2.75) is 25.9 Å². The summed E-state index contributed by atoms with van der Waals surface area (Å²) < 4.78 is 0. The Morgan fingerprint density at radius 2 is 2.43 bits per heavy atom. The molecule has 0 amide bonds. The lowest BCUT2D eigenvalue weighted by atomic mass is 10.2. The minimum absolute atomic E-state index is 0.316. The average molecular weight is 195 g/mol. The quantitative estimate of drug-likeness (QED) is 0.661. The largest absolute Gasteiger partial charge is 0.399 e. The third-order valence-electron chi connectivity index (χ3n) is 1.92. The number of nitrogens with zero attached hydrogens (tertiary/aromatic N) is 1. The summed E-state index contributed by atoms with van der Waals surface area (Å²) >= 11 is 0. The molecule has 0 saturated carbocycles. The number of nitrogens with one attached hydrogen (secondary N) is 1. The fourth-order valence-electron chi connectivity index (χ4n) is 1.20. The molecule has 1 unspecified atom stereocenters. The first-order valence-electron chi connectivity index (χ1n) is 4.86. The smallest absolute Gasteiger partial charge is 0.128 e. The van der Waals surface area contributed by atoms with Crippen LogP contribution in [0, 0.1) is 0 Å². The summed E-state index contributed by atoms with van der Waals surface area (Å²) in [6, 6.07) is 3.48. The number of aliphatic hydroxyl groups excluding tert-OH is 1. The minimum Gasteiger partial charge on any atom is -0.399 e. The number of aromatic nitrogens is 1. The summed E-state index contributed by atoms with van der Waals surface area (Å²) in [5.74, 6) is 0.708. The standard InChI is InChI=1S/C10H17N3O/c1-2-3-9(14)7-13-10-6-8(11)4-5-12-10/h4-6,9,14H,2-3,7H2,1H3,(H3,11,12,13). The molecule has 0 aliphatic rings. The average Bonchev–Trinajstić information content (AvgIpc) is 2.15. The van der Waals surface area contributed by atoms with Crippen LogP contribution in [-0.2, 0) is 0 Å². The van der Waals surface area contributed by atoms with Crippen LogP contribution in [0.1, 0.15) is 19.8 Å². The fraction of sp³-hybridized carbons (Fsp3) is 0.500. The Kier molecular flexibility index (Phi) is 4.19. The van der Waals surface area contributed by atoms with Crippen LogP contribution in [0.3, 0.4) is 0 Å². The number of aliphatic hydroxyl groups is 1. The zero-order valence-corrected chi connectivity index (χ0v) is 8.40. The second kappa shape index (κ2) is 5.44. The highest BCUT2D eigenvalue weighted by atomic mass is 16.3. The van der Waals surface area contributed by atoms with E-state index in [0.717, 1.165) is 12.8 Å². The van der Waals surface area contributed by atoms with E-state index in [4.69, 9.17) is 5.73 Å². The number of rotatable bonds is 5. The third kappa shape index (κ3) is 3.62. The van der Waals surface area contributed by atoms with E-state index < -0.39 is 0 Å². The summed E-state index contributed by atoms with van der Waals surface area (Å²) in [6.45, 7) is 2.56. The van der Waals surface area contributed by atoms with E-state index in [0.29, 0.717) is 18.1 Å². The van der Waals surface area contributed by atoms with E-state index in [2.05, 4.69) is 10.3 Å². The summed E-state index contributed by atoms with van der Waals surface area (Å²) in [4.78, 5) is 4.07. The molecule has 0 saturated heterocycles. The molecule has 4 heteroatoms. The van der Waals surface area contributed by atoms with E-state index in [1.807, 2.05) is 6.92 Å². The van der Waals surface area contributed by atoms with E-state index in [1.54, 1.807) is 18.3 Å². The maximum absolute atomic E-state index is 9.46. The second-order valence-electron chi connectivity index (χ2n) is 3.30. The molecule has 14 heavy (non-hydrogen) atoms. The molecule has 0 spiro atoms. The molecule has 78 valence electrons. The van der Waals surface area contributed by atoms with Crippen LogP contribution in [0.5, 0.6) is 0 Å². The third-order valence-corrected chi connectivity index (χ3v) is 1.92. The molecule has 0 aliphatic carbocycles. The first kappa shape index (κ1) is 10.8. The highest BCUT2D eigenvalue weighted by molar-refractivity contribution is 5.48. The number of hydrogen-bond donors (Lipinski definition) is 3. The van der Waals surface area contributed by atoms with Crippen molar-refractivity contribution in [2.24, 2.45) is 0 Å². The molecule has 1 heterocycles. The number of nitrogen functional groups attached to an aromatic ring is 1. The Labute approximate surface area is 84.2 Å². The van der Waals surface area contributed by atoms with Gasteiger partial charge in [0.2, 0.25) is 0 Å². The van der Waals surface area contributed by atoms with Crippen molar-refractivity contribution in [1.29, 1.82) is 0 Å². The van der Waals surface area contributed by atoms with Gasteiger partial charge < -0.3 is 16.2 Å². The zero-order chi connectivity index (χ0) is 10.4. The van der Waals surface area contributed by atoms with Gasteiger partial charge in [0.15, 0.2) is 0 Å². The van der Waals surface area contributed by atoms with Crippen LogP contribution in [0.2, 0.25) is 0 Å². The highest BCUT2D eigenvalue weighted by Gasteiger charge is 2.02. The van der Waals surface area contributed by atoms with Gasteiger partial charge in [-0.05, 0) is 12.5 Å². The topological polar surface area (TPSA) is 71.2 Å². The number of pyridine rings is 1. The van der Waals surface area contributed by atoms with Gasteiger partial charge in [0, 0.05) is 24.5 Å². The first-order chi connectivity index (χ1) is 6.72. The molecule has 4 N–H and O–H groups in total. The Morgan fingerprint density at radius 1 is 1.64 bits per heavy atom. The lowest BCUT2D eigenvalue weighted by Gasteiger charge is -2.11. The van der Waals surface area contributed by atoms with Crippen molar-refractivity contribution < 1.29 is 5.11 Å². The van der Waals surface area contributed by atoms with Gasteiger partial charge in [-0.2, -0.15) is 0 Å². The monoisotopic (exact) mass is 195 g/mol. The molecule has 4 nitrogen and oxygen atoms in total. The molecular weight excluding hydrogens is 178 g/mol. The number of hydrogen-bond acceptors (Lipinski definition) is 4. The van der Waals surface area contributed by atoms with Crippen molar-refractivity contribution in [1.82, 2.24) is 4.98 Å². The van der Waals surface area contributed by atoms with Gasteiger partial charge in [0.25, 0.3) is 0 Å². The molecular formula is C10H17N3O. The molecule has 1 atom stereocenters. The molecule has 1 aromatic heterocycles. The molecule has 0 fully saturated rings. The highest BCUT2D eigenvalue weighted by Crippen LogP contribution is 2.08. The van der Waals surface area contributed by atoms with Crippen LogP contribution in [0.4, 0.5) is 11.5 Å². The van der Waals surface area contributed by atoms with Crippen LogP contribution in [0.15, 0.2) is 18.3 Å². The lowest BCUT2D eigenvalue weighted by molar-refractivity contribution is 0.176. The maximum Gasteiger partial charge on any atom is 0.128 e. The van der Waals surface area contributed by atoms with Gasteiger partial charge in [-0.1, -0.05) is 13.3 Å². The Hall–Kier alpha value is -1.29. The van der Waals surface area contributed by atoms with Gasteiger partial charge in [0.1, 0.15) is 5.82 Å². The van der Waals surface area contributed by atoms with E-state index >= 15 is 0 Å². The lowest BCUT2D eigenvalue weighted by Crippen LogP contribution is -2.19. The summed E-state index contributed by atoms with van der Waals surface area (Å²) in [5.41, 5.74) is 6.25. The fourth-order valence-corrected chi connectivity index (χ4v) is 1.20. The van der Waals surface area contributed by atoms with E-state index in [9.17, 15) is 5.11 Å². The van der Waals surface area contributed by atoms with E-state index in [-0.39, 0.29) is 6.10 Å². The van der Waals surface area contributed by atoms with Crippen LogP contribution in [0.25, 0.3) is 0 Å². The van der Waals surface area contributed by atoms with Gasteiger partial charge in [0.05, 0.1) is 6.10 Å². The molecule has 0 radical (unpaired) electrons.